The second-order valence-electron chi connectivity index (χ2n) is 3.14. The van der Waals surface area contributed by atoms with Gasteiger partial charge >= 0.3 is 0 Å². The minimum Gasteiger partial charge on any atom is -0.350 e. The maximum atomic E-state index is 12.8. The fraction of sp³-hybridized carbons (Fsp3) is 0.444. The van der Waals surface area contributed by atoms with Crippen LogP contribution in [0.2, 0.25) is 0 Å². The van der Waals surface area contributed by atoms with Crippen molar-refractivity contribution >= 4 is 5.82 Å². The van der Waals surface area contributed by atoms with Gasteiger partial charge in [-0.1, -0.05) is 0 Å². The Morgan fingerprint density at radius 3 is 2.92 bits per heavy atom. The van der Waals surface area contributed by atoms with Crippen LogP contribution in [0.4, 0.5) is 14.6 Å². The highest BCUT2D eigenvalue weighted by atomic mass is 19.3. The molecule has 0 N–H and O–H groups in total. The number of halogens is 2. The maximum absolute atomic E-state index is 12.8. The van der Waals surface area contributed by atoms with Crippen LogP contribution in [0.1, 0.15) is 6.42 Å². The molecule has 2 nitrogen and oxygen atoms in total. The number of pyridine rings is 1. The summed E-state index contributed by atoms with van der Waals surface area (Å²) in [6.45, 7) is 0.161. The third-order valence-corrected chi connectivity index (χ3v) is 2.09. The van der Waals surface area contributed by atoms with Gasteiger partial charge in [-0.25, -0.2) is 13.8 Å². The van der Waals surface area contributed by atoms with E-state index in [4.69, 9.17) is 0 Å². The summed E-state index contributed by atoms with van der Waals surface area (Å²) < 4.78 is 25.6. The lowest BCUT2D eigenvalue weighted by Crippen LogP contribution is -2.25. The highest BCUT2D eigenvalue weighted by Gasteiger charge is 2.38. The van der Waals surface area contributed by atoms with Gasteiger partial charge in [0, 0.05) is 25.2 Å². The largest absolute Gasteiger partial charge is 0.350 e. The van der Waals surface area contributed by atoms with Crippen molar-refractivity contribution in [3.8, 4) is 0 Å². The molecular weight excluding hydrogens is 174 g/mol. The van der Waals surface area contributed by atoms with E-state index in [1.165, 1.54) is 6.20 Å². The third-order valence-electron chi connectivity index (χ3n) is 2.09. The number of hydrogen-bond donors (Lipinski definition) is 0. The fourth-order valence-corrected chi connectivity index (χ4v) is 1.43. The maximum Gasteiger partial charge on any atom is 0.266 e. The zero-order chi connectivity index (χ0) is 9.31. The van der Waals surface area contributed by atoms with Gasteiger partial charge in [-0.3, -0.25) is 0 Å². The summed E-state index contributed by atoms with van der Waals surface area (Å²) in [6, 6.07) is 6.13. The standard InChI is InChI=1S/C9H9F2N2/c10-9(11)4-6-13(7-9)8-3-1-2-5-12-8/h1,3,5H,4,6-7H2. The molecule has 2 heterocycles. The van der Waals surface area contributed by atoms with Crippen LogP contribution in [0, 0.1) is 6.07 Å². The predicted molar refractivity (Wildman–Crippen MR) is 44.9 cm³/mol. The summed E-state index contributed by atoms with van der Waals surface area (Å²) in [5.74, 6) is -1.95. The van der Waals surface area contributed by atoms with E-state index in [0.717, 1.165) is 0 Å². The van der Waals surface area contributed by atoms with Gasteiger partial charge in [0.2, 0.25) is 0 Å². The van der Waals surface area contributed by atoms with Gasteiger partial charge in [-0.05, 0) is 12.1 Å². The lowest BCUT2D eigenvalue weighted by molar-refractivity contribution is 0.0257. The molecule has 1 aromatic rings. The summed E-state index contributed by atoms with van der Waals surface area (Å²) in [6.07, 6.45) is 1.42. The molecule has 1 saturated heterocycles. The Balaban J connectivity index is 2.13. The quantitative estimate of drug-likeness (QED) is 0.659. The molecule has 13 heavy (non-hydrogen) atoms. The summed E-state index contributed by atoms with van der Waals surface area (Å²) in [5, 5.41) is 0. The second-order valence-corrected chi connectivity index (χ2v) is 3.14. The number of hydrogen-bond acceptors (Lipinski definition) is 2. The van der Waals surface area contributed by atoms with Crippen molar-refractivity contribution in [2.45, 2.75) is 12.3 Å². The summed E-state index contributed by atoms with van der Waals surface area (Å²) >= 11 is 0. The molecule has 0 bridgehead atoms. The number of aromatic nitrogens is 1. The van der Waals surface area contributed by atoms with Crippen LogP contribution in [0.25, 0.3) is 0 Å². The molecule has 0 amide bonds. The monoisotopic (exact) mass is 183 g/mol. The molecule has 4 heteroatoms. The molecular formula is C9H9F2N2. The smallest absolute Gasteiger partial charge is 0.266 e. The molecule has 0 atom stereocenters. The van der Waals surface area contributed by atoms with Crippen LogP contribution < -0.4 is 4.90 Å². The predicted octanol–water partition coefficient (Wildman–Crippen LogP) is 1.73. The topological polar surface area (TPSA) is 16.1 Å². The Hall–Kier alpha value is -1.19. The van der Waals surface area contributed by atoms with Crippen LogP contribution in [-0.4, -0.2) is 24.0 Å². The molecule has 69 valence electrons. The first-order chi connectivity index (χ1) is 6.17. The van der Waals surface area contributed by atoms with Crippen LogP contribution in [0.3, 0.4) is 0 Å². The molecule has 0 spiro atoms. The first kappa shape index (κ1) is 8.41. The minimum atomic E-state index is -2.55. The minimum absolute atomic E-state index is 0.0761. The summed E-state index contributed by atoms with van der Waals surface area (Å²) in [5.41, 5.74) is 0. The number of alkyl halides is 2. The van der Waals surface area contributed by atoms with Crippen molar-refractivity contribution in [2.24, 2.45) is 0 Å². The van der Waals surface area contributed by atoms with Gasteiger partial charge in [-0.2, -0.15) is 0 Å². The van der Waals surface area contributed by atoms with Crippen LogP contribution in [0.5, 0.6) is 0 Å². The lowest BCUT2D eigenvalue weighted by Gasteiger charge is -2.16. The van der Waals surface area contributed by atoms with Gasteiger partial charge < -0.3 is 4.90 Å². The van der Waals surface area contributed by atoms with E-state index >= 15 is 0 Å². The molecule has 1 aliphatic rings. The molecule has 1 radical (unpaired) electrons. The number of nitrogens with zero attached hydrogens (tertiary/aromatic N) is 2. The Labute approximate surface area is 75.2 Å². The first-order valence-electron chi connectivity index (χ1n) is 4.12. The van der Waals surface area contributed by atoms with E-state index in [1.54, 1.807) is 17.0 Å². The zero-order valence-corrected chi connectivity index (χ0v) is 7.00. The van der Waals surface area contributed by atoms with Gasteiger partial charge in [0.05, 0.1) is 6.54 Å². The van der Waals surface area contributed by atoms with Crippen LogP contribution in [-0.2, 0) is 0 Å². The van der Waals surface area contributed by atoms with Crippen molar-refractivity contribution in [3.63, 3.8) is 0 Å². The van der Waals surface area contributed by atoms with E-state index in [-0.39, 0.29) is 13.0 Å². The van der Waals surface area contributed by atoms with Gasteiger partial charge in [0.1, 0.15) is 5.82 Å². The molecule has 1 fully saturated rings. The van der Waals surface area contributed by atoms with Crippen LogP contribution >= 0.6 is 0 Å². The highest BCUT2D eigenvalue weighted by Crippen LogP contribution is 2.29. The number of anilines is 1. The Morgan fingerprint density at radius 2 is 2.38 bits per heavy atom. The summed E-state index contributed by atoms with van der Waals surface area (Å²) in [7, 11) is 0. The summed E-state index contributed by atoms with van der Waals surface area (Å²) in [4.78, 5) is 5.55. The third kappa shape index (κ3) is 1.76. The Morgan fingerprint density at radius 1 is 1.54 bits per heavy atom. The zero-order valence-electron chi connectivity index (χ0n) is 7.00. The van der Waals surface area contributed by atoms with Crippen LogP contribution in [0.15, 0.2) is 18.3 Å². The average molecular weight is 183 g/mol. The van der Waals surface area contributed by atoms with E-state index in [1.807, 2.05) is 0 Å². The van der Waals surface area contributed by atoms with Crippen molar-refractivity contribution in [1.29, 1.82) is 0 Å². The molecule has 0 aliphatic carbocycles. The molecule has 0 unspecified atom stereocenters. The van der Waals surface area contributed by atoms with Gasteiger partial charge in [0.25, 0.3) is 5.92 Å². The molecule has 0 aromatic carbocycles. The fourth-order valence-electron chi connectivity index (χ4n) is 1.43. The highest BCUT2D eigenvalue weighted by molar-refractivity contribution is 5.39. The average Bonchev–Trinajstić information content (AvgIpc) is 2.48. The second kappa shape index (κ2) is 2.94. The molecule has 0 saturated carbocycles. The Kier molecular flexibility index (Phi) is 1.90. The van der Waals surface area contributed by atoms with Crippen molar-refractivity contribution in [1.82, 2.24) is 4.98 Å². The normalized spacial score (nSPS) is 20.6. The van der Waals surface area contributed by atoms with Crippen molar-refractivity contribution in [3.05, 3.63) is 24.4 Å². The van der Waals surface area contributed by atoms with Gasteiger partial charge in [0.15, 0.2) is 0 Å². The molecule has 1 aromatic heterocycles. The first-order valence-corrected chi connectivity index (χ1v) is 4.12. The van der Waals surface area contributed by atoms with E-state index in [2.05, 4.69) is 11.1 Å². The van der Waals surface area contributed by atoms with Crippen molar-refractivity contribution in [2.75, 3.05) is 18.0 Å². The Bertz CT molecular complexity index is 287. The SMILES string of the molecule is FC1(F)CCN(c2cc[c]cn2)C1. The van der Waals surface area contributed by atoms with Gasteiger partial charge in [-0.15, -0.1) is 0 Å². The van der Waals surface area contributed by atoms with E-state index < -0.39 is 5.92 Å². The number of rotatable bonds is 1. The van der Waals surface area contributed by atoms with E-state index in [0.29, 0.717) is 12.4 Å². The van der Waals surface area contributed by atoms with E-state index in [9.17, 15) is 8.78 Å². The molecule has 2 rings (SSSR count). The molecule has 1 aliphatic heterocycles. The lowest BCUT2D eigenvalue weighted by atomic mass is 10.3. The van der Waals surface area contributed by atoms with Crippen molar-refractivity contribution < 1.29 is 8.78 Å².